The maximum absolute atomic E-state index is 13.2. The highest BCUT2D eigenvalue weighted by molar-refractivity contribution is 7.15. The van der Waals surface area contributed by atoms with Gasteiger partial charge in [0, 0.05) is 17.3 Å². The van der Waals surface area contributed by atoms with Crippen LogP contribution in [0.3, 0.4) is 0 Å². The molecule has 1 amide bonds. The smallest absolute Gasteiger partial charge is 0.335 e. The first-order chi connectivity index (χ1) is 12.0. The van der Waals surface area contributed by atoms with Crippen LogP contribution in [-0.2, 0) is 17.5 Å². The van der Waals surface area contributed by atoms with E-state index in [2.05, 4.69) is 14.7 Å². The van der Waals surface area contributed by atoms with E-state index in [9.17, 15) is 26.7 Å². The van der Waals surface area contributed by atoms with Crippen molar-refractivity contribution in [2.24, 2.45) is 5.92 Å². The Morgan fingerprint density at radius 3 is 2.58 bits per heavy atom. The average molecular weight is 395 g/mol. The topological polar surface area (TPSA) is 59.2 Å². The number of hydrogen-bond donors (Lipinski definition) is 0. The number of carbonyl (C=O) groups is 1. The molecule has 1 saturated carbocycles. The Morgan fingerprint density at radius 1 is 1.42 bits per heavy atom. The number of amides is 1. The molecule has 2 aromatic heterocycles. The summed E-state index contributed by atoms with van der Waals surface area (Å²) in [5.41, 5.74) is 0. The molecular formula is C15H14F5N3O2S. The fourth-order valence-electron chi connectivity index (χ4n) is 2.39. The van der Waals surface area contributed by atoms with Crippen LogP contribution in [0.15, 0.2) is 16.7 Å². The molecule has 0 radical (unpaired) electrons. The van der Waals surface area contributed by atoms with Crippen molar-refractivity contribution in [3.63, 3.8) is 0 Å². The Kier molecular flexibility index (Phi) is 4.53. The number of halogens is 5. The van der Waals surface area contributed by atoms with E-state index in [1.807, 2.05) is 0 Å². The average Bonchev–Trinajstić information content (AvgIpc) is 2.96. The van der Waals surface area contributed by atoms with Gasteiger partial charge >= 0.3 is 12.1 Å². The van der Waals surface area contributed by atoms with Gasteiger partial charge in [-0.25, -0.2) is 8.78 Å². The Labute approximate surface area is 148 Å². The molecule has 0 bridgehead atoms. The maximum Gasteiger partial charge on any atom is 0.471 e. The van der Waals surface area contributed by atoms with Crippen LogP contribution in [0.1, 0.15) is 31.0 Å². The molecule has 1 unspecified atom stereocenters. The van der Waals surface area contributed by atoms with Gasteiger partial charge in [0.15, 0.2) is 0 Å². The number of hydrogen-bond acceptors (Lipinski definition) is 5. The van der Waals surface area contributed by atoms with Gasteiger partial charge in [0.1, 0.15) is 5.92 Å². The van der Waals surface area contributed by atoms with E-state index in [0.29, 0.717) is 9.75 Å². The Hall–Kier alpha value is -2.04. The predicted octanol–water partition coefficient (Wildman–Crippen LogP) is 4.21. The lowest BCUT2D eigenvalue weighted by Gasteiger charge is -2.26. The molecule has 1 aliphatic rings. The molecular weight excluding hydrogens is 381 g/mol. The molecule has 26 heavy (non-hydrogen) atoms. The Balaban J connectivity index is 1.74. The van der Waals surface area contributed by atoms with Gasteiger partial charge in [-0.1, -0.05) is 5.16 Å². The summed E-state index contributed by atoms with van der Waals surface area (Å²) in [6.07, 6.45) is -5.19. The summed E-state index contributed by atoms with van der Waals surface area (Å²) >= 11 is 1.07. The van der Waals surface area contributed by atoms with Gasteiger partial charge in [0.25, 0.3) is 5.92 Å². The third kappa shape index (κ3) is 3.71. The quantitative estimate of drug-likeness (QED) is 0.712. The first kappa shape index (κ1) is 18.7. The first-order valence-electron chi connectivity index (χ1n) is 7.67. The molecule has 1 aliphatic carbocycles. The van der Waals surface area contributed by atoms with E-state index >= 15 is 0 Å². The van der Waals surface area contributed by atoms with Crippen LogP contribution in [-0.4, -0.2) is 32.9 Å². The molecule has 0 aromatic carbocycles. The largest absolute Gasteiger partial charge is 0.471 e. The summed E-state index contributed by atoms with van der Waals surface area (Å²) in [5.74, 6) is -6.54. The first-order valence-corrected chi connectivity index (χ1v) is 8.49. The van der Waals surface area contributed by atoms with Gasteiger partial charge in [-0.2, -0.15) is 18.2 Å². The van der Waals surface area contributed by atoms with E-state index in [-0.39, 0.29) is 18.4 Å². The van der Waals surface area contributed by atoms with Crippen molar-refractivity contribution in [2.75, 3.05) is 0 Å². The number of nitrogens with zero attached hydrogens (tertiary/aromatic N) is 3. The molecule has 1 fully saturated rings. The van der Waals surface area contributed by atoms with Crippen molar-refractivity contribution in [1.82, 2.24) is 15.0 Å². The highest BCUT2D eigenvalue weighted by Crippen LogP contribution is 2.50. The molecule has 3 rings (SSSR count). The van der Waals surface area contributed by atoms with Crippen molar-refractivity contribution in [1.29, 1.82) is 0 Å². The van der Waals surface area contributed by atoms with Crippen LogP contribution >= 0.6 is 11.3 Å². The highest BCUT2D eigenvalue weighted by Gasteiger charge is 2.62. The molecule has 2 aromatic rings. The molecule has 142 valence electrons. The third-order valence-corrected chi connectivity index (χ3v) is 4.97. The minimum absolute atomic E-state index is 0.0811. The lowest BCUT2D eigenvalue weighted by Crippen LogP contribution is -2.38. The predicted molar refractivity (Wildman–Crippen MR) is 81.4 cm³/mol. The normalized spacial score (nSPS) is 19.0. The van der Waals surface area contributed by atoms with Crippen LogP contribution < -0.4 is 0 Å². The minimum atomic E-state index is -4.73. The van der Waals surface area contributed by atoms with Gasteiger partial charge in [0.05, 0.1) is 11.4 Å². The van der Waals surface area contributed by atoms with Gasteiger partial charge in [0.2, 0.25) is 11.7 Å². The lowest BCUT2D eigenvalue weighted by molar-refractivity contribution is -0.159. The standard InChI is InChI=1S/C15H14F5N3O2S/c1-7(2)23(12(24)9-5-14(9,16)17)6-8-3-4-10(26-8)11-21-13(25-22-11)15(18,19)20/h3-4,7,9H,5-6H2,1-2H3. The van der Waals surface area contributed by atoms with Gasteiger partial charge in [-0.05, 0) is 26.0 Å². The van der Waals surface area contributed by atoms with Gasteiger partial charge in [-0.15, -0.1) is 11.3 Å². The number of thiophene rings is 1. The Bertz CT molecular complexity index is 814. The van der Waals surface area contributed by atoms with Crippen LogP contribution in [0, 0.1) is 5.92 Å². The fourth-order valence-corrected chi connectivity index (χ4v) is 3.32. The zero-order valence-corrected chi connectivity index (χ0v) is 14.5. The second kappa shape index (κ2) is 6.29. The number of aromatic nitrogens is 2. The summed E-state index contributed by atoms with van der Waals surface area (Å²) in [7, 11) is 0. The van der Waals surface area contributed by atoms with E-state index < -0.39 is 36.2 Å². The third-order valence-electron chi connectivity index (χ3n) is 3.91. The van der Waals surface area contributed by atoms with Gasteiger partial charge < -0.3 is 9.42 Å². The summed E-state index contributed by atoms with van der Waals surface area (Å²) in [6, 6.07) is 2.79. The second-order valence-corrected chi connectivity index (χ2v) is 7.43. The summed E-state index contributed by atoms with van der Waals surface area (Å²) in [4.78, 5) is 17.8. The molecule has 0 N–H and O–H groups in total. The summed E-state index contributed by atoms with van der Waals surface area (Å²) in [6.45, 7) is 3.50. The molecule has 0 spiro atoms. The van der Waals surface area contributed by atoms with E-state index in [1.165, 1.54) is 11.0 Å². The van der Waals surface area contributed by atoms with Crippen LogP contribution in [0.2, 0.25) is 0 Å². The summed E-state index contributed by atoms with van der Waals surface area (Å²) in [5, 5.41) is 3.30. The molecule has 0 saturated heterocycles. The minimum Gasteiger partial charge on any atom is -0.335 e. The monoisotopic (exact) mass is 395 g/mol. The van der Waals surface area contributed by atoms with E-state index in [0.717, 1.165) is 11.3 Å². The van der Waals surface area contributed by atoms with Crippen molar-refractivity contribution in [3.05, 3.63) is 22.9 Å². The number of rotatable bonds is 5. The molecule has 11 heteroatoms. The molecule has 2 heterocycles. The zero-order chi connectivity index (χ0) is 19.3. The molecule has 1 atom stereocenters. The fraction of sp³-hybridized carbons (Fsp3) is 0.533. The van der Waals surface area contributed by atoms with Crippen LogP contribution in [0.4, 0.5) is 22.0 Å². The van der Waals surface area contributed by atoms with Crippen LogP contribution in [0.5, 0.6) is 0 Å². The second-order valence-electron chi connectivity index (χ2n) is 6.26. The van der Waals surface area contributed by atoms with Crippen molar-refractivity contribution in [2.45, 2.75) is 45.0 Å². The maximum atomic E-state index is 13.2. The van der Waals surface area contributed by atoms with E-state index in [1.54, 1.807) is 19.9 Å². The number of alkyl halides is 5. The molecule has 0 aliphatic heterocycles. The number of carbonyl (C=O) groups excluding carboxylic acids is 1. The lowest BCUT2D eigenvalue weighted by atomic mass is 10.2. The van der Waals surface area contributed by atoms with Crippen molar-refractivity contribution in [3.8, 4) is 10.7 Å². The summed E-state index contributed by atoms with van der Waals surface area (Å²) < 4.78 is 68.1. The van der Waals surface area contributed by atoms with E-state index in [4.69, 9.17) is 0 Å². The zero-order valence-electron chi connectivity index (χ0n) is 13.7. The SMILES string of the molecule is CC(C)N(Cc1ccc(-c2noc(C(F)(F)F)n2)s1)C(=O)C1CC1(F)F. The van der Waals surface area contributed by atoms with Gasteiger partial charge in [-0.3, -0.25) is 4.79 Å². The van der Waals surface area contributed by atoms with Crippen molar-refractivity contribution < 1.29 is 31.3 Å². The van der Waals surface area contributed by atoms with Crippen molar-refractivity contribution >= 4 is 17.2 Å². The highest BCUT2D eigenvalue weighted by atomic mass is 32.1. The molecule has 5 nitrogen and oxygen atoms in total. The van der Waals surface area contributed by atoms with Crippen LogP contribution in [0.25, 0.3) is 10.7 Å². The Morgan fingerprint density at radius 2 is 2.08 bits per heavy atom.